The van der Waals surface area contributed by atoms with Crippen molar-refractivity contribution < 1.29 is 9.53 Å². The Balaban J connectivity index is 3.09. The summed E-state index contributed by atoms with van der Waals surface area (Å²) in [7, 11) is 0. The molecule has 0 heterocycles. The van der Waals surface area contributed by atoms with Gasteiger partial charge < -0.3 is 4.74 Å². The van der Waals surface area contributed by atoms with Crippen LogP contribution >= 0.6 is 0 Å². The number of unbranched alkanes of at least 4 members (excludes halogenated alkanes) is 17. The molecule has 2 heteroatoms. The molecule has 0 bridgehead atoms. The molecule has 152 valence electrons. The first-order valence-corrected chi connectivity index (χ1v) is 11.3. The third-order valence-electron chi connectivity index (χ3n) is 4.93. The van der Waals surface area contributed by atoms with E-state index in [4.69, 9.17) is 0 Å². The van der Waals surface area contributed by atoms with Gasteiger partial charge in [-0.25, -0.2) is 4.79 Å². The van der Waals surface area contributed by atoms with Crippen molar-refractivity contribution in [3.8, 4) is 0 Å². The molecular formula is C24H44O2. The summed E-state index contributed by atoms with van der Waals surface area (Å²) in [5.74, 6) is -0.327. The van der Waals surface area contributed by atoms with Gasteiger partial charge in [0, 0.05) is 6.08 Å². The van der Waals surface area contributed by atoms with Crippen molar-refractivity contribution in [2.45, 2.75) is 122 Å². The van der Waals surface area contributed by atoms with E-state index >= 15 is 0 Å². The standard InChI is InChI=1S/C24H44O2/c1-3-5-6-7-8-9-10-11-12-13-14-15-16-17-18-19-20-21-22-23-24(25)26-4-2/h4,22-23H,2-3,5-21H2,1H3. The van der Waals surface area contributed by atoms with E-state index < -0.39 is 0 Å². The maximum atomic E-state index is 11.0. The summed E-state index contributed by atoms with van der Waals surface area (Å²) in [4.78, 5) is 11.0. The fraction of sp³-hybridized carbons (Fsp3) is 0.792. The largest absolute Gasteiger partial charge is 0.432 e. The number of rotatable bonds is 20. The summed E-state index contributed by atoms with van der Waals surface area (Å²) < 4.78 is 4.62. The van der Waals surface area contributed by atoms with Gasteiger partial charge in [-0.2, -0.15) is 0 Å². The first kappa shape index (κ1) is 24.9. The molecule has 0 radical (unpaired) electrons. The van der Waals surface area contributed by atoms with Crippen molar-refractivity contribution >= 4 is 5.97 Å². The zero-order chi connectivity index (χ0) is 19.1. The zero-order valence-corrected chi connectivity index (χ0v) is 17.5. The maximum Gasteiger partial charge on any atom is 0.335 e. The Morgan fingerprint density at radius 3 is 1.46 bits per heavy atom. The fourth-order valence-corrected chi connectivity index (χ4v) is 3.29. The van der Waals surface area contributed by atoms with Gasteiger partial charge in [-0.1, -0.05) is 122 Å². The van der Waals surface area contributed by atoms with E-state index in [2.05, 4.69) is 18.2 Å². The van der Waals surface area contributed by atoms with Gasteiger partial charge in [0.05, 0.1) is 6.26 Å². The number of carbonyl (C=O) groups excluding carboxylic acids is 1. The van der Waals surface area contributed by atoms with Crippen LogP contribution in [0.25, 0.3) is 0 Å². The van der Waals surface area contributed by atoms with Gasteiger partial charge in [-0.05, 0) is 12.8 Å². The molecule has 0 aromatic carbocycles. The highest BCUT2D eigenvalue weighted by molar-refractivity contribution is 5.82. The quantitative estimate of drug-likeness (QED) is 0.0940. The molecule has 0 aromatic heterocycles. The first-order valence-electron chi connectivity index (χ1n) is 11.3. The van der Waals surface area contributed by atoms with E-state index in [9.17, 15) is 4.79 Å². The topological polar surface area (TPSA) is 26.3 Å². The molecule has 0 saturated carbocycles. The Labute approximate surface area is 163 Å². The smallest absolute Gasteiger partial charge is 0.335 e. The Morgan fingerprint density at radius 1 is 0.692 bits per heavy atom. The lowest BCUT2D eigenvalue weighted by molar-refractivity contribution is -0.132. The molecule has 0 unspecified atom stereocenters. The normalized spacial score (nSPS) is 11.1. The van der Waals surface area contributed by atoms with Gasteiger partial charge in [0.25, 0.3) is 0 Å². The molecular weight excluding hydrogens is 320 g/mol. The Hall–Kier alpha value is -1.05. The lowest BCUT2D eigenvalue weighted by Crippen LogP contribution is -1.92. The molecule has 0 saturated heterocycles. The van der Waals surface area contributed by atoms with Gasteiger partial charge in [-0.15, -0.1) is 0 Å². The van der Waals surface area contributed by atoms with Crippen LogP contribution in [-0.2, 0) is 9.53 Å². The molecule has 0 aliphatic rings. The van der Waals surface area contributed by atoms with Crippen molar-refractivity contribution in [2.24, 2.45) is 0 Å². The highest BCUT2D eigenvalue weighted by atomic mass is 16.5. The Kier molecular flexibility index (Phi) is 21.1. The highest BCUT2D eigenvalue weighted by Gasteiger charge is 1.95. The van der Waals surface area contributed by atoms with Crippen LogP contribution in [0.15, 0.2) is 25.0 Å². The van der Waals surface area contributed by atoms with E-state index in [1.54, 1.807) is 0 Å². The lowest BCUT2D eigenvalue weighted by atomic mass is 10.0. The number of esters is 1. The number of ether oxygens (including phenoxy) is 1. The predicted octanol–water partition coefficient (Wildman–Crippen LogP) is 8.27. The van der Waals surface area contributed by atoms with Crippen molar-refractivity contribution in [1.82, 2.24) is 0 Å². The van der Waals surface area contributed by atoms with Crippen molar-refractivity contribution in [2.75, 3.05) is 0 Å². The molecule has 0 aromatic rings. The van der Waals surface area contributed by atoms with Gasteiger partial charge in [0.15, 0.2) is 0 Å². The SMILES string of the molecule is C=COC(=O)C=CCCCCCCCCCCCCCCCCCCC. The van der Waals surface area contributed by atoms with Crippen LogP contribution in [0.3, 0.4) is 0 Å². The monoisotopic (exact) mass is 364 g/mol. The molecule has 0 amide bonds. The second-order valence-electron chi connectivity index (χ2n) is 7.45. The Bertz CT molecular complexity index is 333. The Morgan fingerprint density at radius 2 is 1.08 bits per heavy atom. The highest BCUT2D eigenvalue weighted by Crippen LogP contribution is 2.14. The number of allylic oxidation sites excluding steroid dienone is 1. The van der Waals surface area contributed by atoms with Crippen LogP contribution in [0.1, 0.15) is 122 Å². The number of hydrogen-bond donors (Lipinski definition) is 0. The van der Waals surface area contributed by atoms with Crippen LogP contribution in [0.2, 0.25) is 0 Å². The predicted molar refractivity (Wildman–Crippen MR) is 114 cm³/mol. The van der Waals surface area contributed by atoms with Crippen molar-refractivity contribution in [3.05, 3.63) is 25.0 Å². The number of hydrogen-bond acceptors (Lipinski definition) is 2. The summed E-state index contributed by atoms with van der Waals surface area (Å²) in [6.45, 7) is 5.64. The number of carbonyl (C=O) groups is 1. The van der Waals surface area contributed by atoms with Gasteiger partial charge in [-0.3, -0.25) is 0 Å². The summed E-state index contributed by atoms with van der Waals surface area (Å²) in [5.41, 5.74) is 0. The van der Waals surface area contributed by atoms with Crippen molar-refractivity contribution in [3.63, 3.8) is 0 Å². The third kappa shape index (κ3) is 21.0. The van der Waals surface area contributed by atoms with Gasteiger partial charge in [0.1, 0.15) is 0 Å². The average Bonchev–Trinajstić information content (AvgIpc) is 2.64. The van der Waals surface area contributed by atoms with E-state index in [0.29, 0.717) is 0 Å². The van der Waals surface area contributed by atoms with Crippen LogP contribution in [0.5, 0.6) is 0 Å². The van der Waals surface area contributed by atoms with E-state index in [-0.39, 0.29) is 5.97 Å². The fourth-order valence-electron chi connectivity index (χ4n) is 3.29. The van der Waals surface area contributed by atoms with E-state index in [0.717, 1.165) is 12.8 Å². The molecule has 0 N–H and O–H groups in total. The molecule has 0 aliphatic carbocycles. The van der Waals surface area contributed by atoms with Gasteiger partial charge >= 0.3 is 5.97 Å². The maximum absolute atomic E-state index is 11.0. The first-order chi connectivity index (χ1) is 12.8. The third-order valence-corrected chi connectivity index (χ3v) is 4.93. The summed E-state index contributed by atoms with van der Waals surface area (Å²) in [5, 5.41) is 0. The zero-order valence-electron chi connectivity index (χ0n) is 17.5. The molecule has 0 aliphatic heterocycles. The van der Waals surface area contributed by atoms with Crippen molar-refractivity contribution in [1.29, 1.82) is 0 Å². The average molecular weight is 365 g/mol. The molecule has 26 heavy (non-hydrogen) atoms. The summed E-state index contributed by atoms with van der Waals surface area (Å²) in [6, 6.07) is 0. The van der Waals surface area contributed by atoms with Crippen LogP contribution in [0, 0.1) is 0 Å². The molecule has 0 atom stereocenters. The summed E-state index contributed by atoms with van der Waals surface area (Å²) >= 11 is 0. The van der Waals surface area contributed by atoms with Crippen LogP contribution in [0.4, 0.5) is 0 Å². The van der Waals surface area contributed by atoms with E-state index in [1.165, 1.54) is 115 Å². The minimum absolute atomic E-state index is 0.327. The van der Waals surface area contributed by atoms with Crippen LogP contribution < -0.4 is 0 Å². The molecule has 0 rings (SSSR count). The lowest BCUT2D eigenvalue weighted by Gasteiger charge is -2.03. The van der Waals surface area contributed by atoms with Crippen LogP contribution in [-0.4, -0.2) is 5.97 Å². The molecule has 0 fully saturated rings. The van der Waals surface area contributed by atoms with E-state index in [1.807, 2.05) is 6.08 Å². The second kappa shape index (κ2) is 22.0. The van der Waals surface area contributed by atoms with Gasteiger partial charge in [0.2, 0.25) is 0 Å². The minimum Gasteiger partial charge on any atom is -0.432 e. The molecule has 0 spiro atoms. The minimum atomic E-state index is -0.327. The molecule has 2 nitrogen and oxygen atoms in total. The second-order valence-corrected chi connectivity index (χ2v) is 7.45. The summed E-state index contributed by atoms with van der Waals surface area (Å²) in [6.07, 6.45) is 29.2.